The molecular weight excluding hydrogens is 452 g/mol. The lowest BCUT2D eigenvalue weighted by Gasteiger charge is -2.33. The van der Waals surface area contributed by atoms with Gasteiger partial charge in [-0.05, 0) is 55.2 Å². The van der Waals surface area contributed by atoms with E-state index >= 15 is 0 Å². The Morgan fingerprint density at radius 1 is 0.972 bits per heavy atom. The summed E-state index contributed by atoms with van der Waals surface area (Å²) < 4.78 is 1.41. The Bertz CT molecular complexity index is 1350. The molecule has 3 aromatic rings. The number of hydrogen-bond acceptors (Lipinski definition) is 4. The molecule has 1 N–H and O–H groups in total. The molecule has 186 valence electrons. The van der Waals surface area contributed by atoms with Gasteiger partial charge in [0.1, 0.15) is 11.2 Å². The first-order valence-electron chi connectivity index (χ1n) is 13.1. The van der Waals surface area contributed by atoms with Crippen molar-refractivity contribution in [1.82, 2.24) is 19.6 Å². The fourth-order valence-corrected chi connectivity index (χ4v) is 6.56. The Morgan fingerprint density at radius 3 is 2.44 bits per heavy atom. The Morgan fingerprint density at radius 2 is 1.69 bits per heavy atom. The van der Waals surface area contributed by atoms with E-state index in [0.29, 0.717) is 25.3 Å². The van der Waals surface area contributed by atoms with Gasteiger partial charge in [-0.25, -0.2) is 4.98 Å². The van der Waals surface area contributed by atoms with Gasteiger partial charge in [-0.3, -0.25) is 18.8 Å². The van der Waals surface area contributed by atoms with Gasteiger partial charge < -0.3 is 10.2 Å². The van der Waals surface area contributed by atoms with Gasteiger partial charge in [0.2, 0.25) is 5.91 Å². The highest BCUT2D eigenvalue weighted by Crippen LogP contribution is 2.59. The number of hydrogen-bond donors (Lipinski definition) is 1. The monoisotopic (exact) mass is 484 g/mol. The summed E-state index contributed by atoms with van der Waals surface area (Å²) in [6.07, 6.45) is 10.2. The summed E-state index contributed by atoms with van der Waals surface area (Å²) in [5.74, 6) is -0.0841. The van der Waals surface area contributed by atoms with Gasteiger partial charge in [0, 0.05) is 43.4 Å². The summed E-state index contributed by atoms with van der Waals surface area (Å²) in [6.45, 7) is 1.83. The van der Waals surface area contributed by atoms with Crippen LogP contribution >= 0.6 is 0 Å². The van der Waals surface area contributed by atoms with Crippen LogP contribution in [0.4, 0.5) is 0 Å². The number of aromatic nitrogens is 2. The lowest BCUT2D eigenvalue weighted by molar-refractivity contribution is -0.123. The van der Waals surface area contributed by atoms with Gasteiger partial charge in [-0.15, -0.1) is 0 Å². The number of nitrogens with one attached hydrogen (secondary N) is 1. The lowest BCUT2D eigenvalue weighted by atomic mass is 9.78. The highest BCUT2D eigenvalue weighted by molar-refractivity contribution is 5.94. The quantitative estimate of drug-likeness (QED) is 0.600. The van der Waals surface area contributed by atoms with Crippen molar-refractivity contribution in [1.29, 1.82) is 0 Å². The molecule has 6 rings (SSSR count). The molecule has 1 saturated heterocycles. The number of piperidine rings is 1. The molecule has 1 spiro atoms. The van der Waals surface area contributed by atoms with E-state index in [0.717, 1.165) is 32.1 Å². The van der Waals surface area contributed by atoms with E-state index in [1.807, 2.05) is 12.1 Å². The zero-order chi connectivity index (χ0) is 24.8. The summed E-state index contributed by atoms with van der Waals surface area (Å²) in [7, 11) is 0. The minimum absolute atomic E-state index is 0.00682. The molecule has 7 heteroatoms. The van der Waals surface area contributed by atoms with Gasteiger partial charge in [-0.2, -0.15) is 0 Å². The number of carbonyl (C=O) groups is 2. The van der Waals surface area contributed by atoms with Crippen LogP contribution in [0.5, 0.6) is 0 Å². The smallest absolute Gasteiger partial charge is 0.270 e. The summed E-state index contributed by atoms with van der Waals surface area (Å²) >= 11 is 0. The van der Waals surface area contributed by atoms with Crippen molar-refractivity contribution in [3.8, 4) is 0 Å². The van der Waals surface area contributed by atoms with Crippen molar-refractivity contribution in [2.75, 3.05) is 19.6 Å². The van der Waals surface area contributed by atoms with Gasteiger partial charge >= 0.3 is 0 Å². The predicted octanol–water partition coefficient (Wildman–Crippen LogP) is 3.57. The maximum atomic E-state index is 13.2. The molecule has 2 amide bonds. The number of amides is 2. The van der Waals surface area contributed by atoms with Crippen molar-refractivity contribution >= 4 is 17.5 Å². The maximum Gasteiger partial charge on any atom is 0.270 e. The van der Waals surface area contributed by atoms with Crippen LogP contribution in [0.3, 0.4) is 0 Å². The van der Waals surface area contributed by atoms with Crippen molar-refractivity contribution in [3.63, 3.8) is 0 Å². The molecule has 3 fully saturated rings. The molecule has 2 aromatic heterocycles. The Labute approximate surface area is 210 Å². The number of benzene rings is 1. The average Bonchev–Trinajstić information content (AvgIpc) is 3.39. The Hall–Kier alpha value is -3.48. The summed E-state index contributed by atoms with van der Waals surface area (Å²) in [4.78, 5) is 45.1. The van der Waals surface area contributed by atoms with Crippen LogP contribution in [0, 0.1) is 11.3 Å². The summed E-state index contributed by atoms with van der Waals surface area (Å²) in [5.41, 5.74) is 1.66. The molecule has 1 aliphatic heterocycles. The second-order valence-corrected chi connectivity index (χ2v) is 10.9. The molecule has 2 aliphatic carbocycles. The number of rotatable bonds is 5. The number of carbonyl (C=O) groups excluding carboxylic acids is 2. The van der Waals surface area contributed by atoms with E-state index in [4.69, 9.17) is 0 Å². The number of nitrogens with zero attached hydrogens (tertiary/aromatic N) is 3. The van der Waals surface area contributed by atoms with E-state index in [1.54, 1.807) is 23.2 Å². The van der Waals surface area contributed by atoms with Gasteiger partial charge in [0.05, 0.1) is 0 Å². The van der Waals surface area contributed by atoms with Crippen molar-refractivity contribution in [2.24, 2.45) is 11.3 Å². The second-order valence-electron chi connectivity index (χ2n) is 10.9. The Balaban J connectivity index is 1.07. The van der Waals surface area contributed by atoms with Crippen LogP contribution in [-0.2, 0) is 10.2 Å². The molecule has 1 aromatic carbocycles. The summed E-state index contributed by atoms with van der Waals surface area (Å²) in [6, 6.07) is 15.9. The van der Waals surface area contributed by atoms with Crippen LogP contribution in [0.25, 0.3) is 5.65 Å². The first-order chi connectivity index (χ1) is 17.5. The van der Waals surface area contributed by atoms with Gasteiger partial charge in [0.15, 0.2) is 0 Å². The fourth-order valence-electron chi connectivity index (χ4n) is 6.56. The topological polar surface area (TPSA) is 83.8 Å². The third kappa shape index (κ3) is 3.91. The zero-order valence-corrected chi connectivity index (χ0v) is 20.5. The molecule has 2 saturated carbocycles. The first kappa shape index (κ1) is 23.0. The second kappa shape index (κ2) is 8.87. The zero-order valence-electron chi connectivity index (χ0n) is 20.5. The molecule has 3 aliphatic rings. The molecule has 1 atom stereocenters. The maximum absolute atomic E-state index is 13.2. The Kier molecular flexibility index (Phi) is 5.66. The van der Waals surface area contributed by atoms with Crippen molar-refractivity contribution < 1.29 is 9.59 Å². The van der Waals surface area contributed by atoms with Crippen molar-refractivity contribution in [2.45, 2.75) is 50.4 Å². The molecule has 0 radical (unpaired) electrons. The van der Waals surface area contributed by atoms with E-state index in [9.17, 15) is 14.4 Å². The summed E-state index contributed by atoms with van der Waals surface area (Å²) in [5, 5.41) is 3.31. The van der Waals surface area contributed by atoms with Crippen molar-refractivity contribution in [3.05, 3.63) is 82.4 Å². The molecule has 36 heavy (non-hydrogen) atoms. The highest BCUT2D eigenvalue weighted by atomic mass is 16.2. The number of likely N-dealkylation sites (tertiary alicyclic amines) is 1. The van der Waals surface area contributed by atoms with Crippen LogP contribution in [0.2, 0.25) is 0 Å². The first-order valence-corrected chi connectivity index (χ1v) is 13.1. The van der Waals surface area contributed by atoms with Crippen LogP contribution in [0.1, 0.15) is 60.9 Å². The third-order valence-electron chi connectivity index (χ3n) is 8.94. The fraction of sp³-hybridized carbons (Fsp3) is 0.448. The van der Waals surface area contributed by atoms with Crippen LogP contribution in [-0.4, -0.2) is 45.7 Å². The lowest BCUT2D eigenvalue weighted by Crippen LogP contribution is -2.43. The van der Waals surface area contributed by atoms with Gasteiger partial charge in [0.25, 0.3) is 11.5 Å². The highest BCUT2D eigenvalue weighted by Gasteiger charge is 2.59. The third-order valence-corrected chi connectivity index (χ3v) is 8.94. The molecule has 3 heterocycles. The average molecular weight is 485 g/mol. The van der Waals surface area contributed by atoms with E-state index in [-0.39, 0.29) is 39.7 Å². The largest absolute Gasteiger partial charge is 0.355 e. The number of fused-ring (bicyclic) bond motifs is 1. The standard InChI is InChI=1S/C29H32N4O3/c34-25(31-20-29(11-5-6-12-29)21-8-2-1-3-9-21)23-18-28(23)13-16-32(17-14-28)26(35)22-19-30-24-10-4-7-15-33(24)27(22)36/h1-4,7-10,15,19,23H,5-6,11-14,16-18,20H2,(H,31,34). The predicted molar refractivity (Wildman–Crippen MR) is 137 cm³/mol. The van der Waals surface area contributed by atoms with E-state index in [2.05, 4.69) is 34.6 Å². The van der Waals surface area contributed by atoms with Crippen LogP contribution in [0.15, 0.2) is 65.7 Å². The van der Waals surface area contributed by atoms with E-state index in [1.165, 1.54) is 29.0 Å². The SMILES string of the molecule is O=C(NCC1(c2ccccc2)CCCC1)C1CC12CCN(C(=O)c1cnc3ccccn3c1=O)CC2. The number of pyridine rings is 1. The minimum atomic E-state index is -0.339. The minimum Gasteiger partial charge on any atom is -0.355 e. The molecule has 1 unspecified atom stereocenters. The van der Waals surface area contributed by atoms with Gasteiger partial charge in [-0.1, -0.05) is 49.2 Å². The molecule has 0 bridgehead atoms. The van der Waals surface area contributed by atoms with Crippen LogP contribution < -0.4 is 10.9 Å². The molecular formula is C29H32N4O3. The van der Waals surface area contributed by atoms with E-state index < -0.39 is 0 Å². The molecule has 7 nitrogen and oxygen atoms in total. The normalized spacial score (nSPS) is 22.0.